The van der Waals surface area contributed by atoms with E-state index in [1.807, 2.05) is 6.92 Å². The van der Waals surface area contributed by atoms with Gasteiger partial charge in [0.2, 0.25) is 0 Å². The number of hydrogen-bond donors (Lipinski definition) is 1. The monoisotopic (exact) mass is 309 g/mol. The molecule has 1 saturated heterocycles. The normalized spacial score (nSPS) is 20.3. The number of hydrogen-bond acceptors (Lipinski definition) is 3. The molecule has 0 aliphatic carbocycles. The zero-order chi connectivity index (χ0) is 15.4. The van der Waals surface area contributed by atoms with Crippen LogP contribution in [-0.2, 0) is 6.42 Å². The summed E-state index contributed by atoms with van der Waals surface area (Å²) in [5.74, 6) is 0. The zero-order valence-corrected chi connectivity index (χ0v) is 14.2. The lowest BCUT2D eigenvalue weighted by Gasteiger charge is -2.27. The molecule has 0 saturated carbocycles. The molecule has 0 spiro atoms. The van der Waals surface area contributed by atoms with Crippen molar-refractivity contribution < 1.29 is 0 Å². The van der Waals surface area contributed by atoms with E-state index in [-0.39, 0.29) is 6.04 Å². The number of rotatable bonds is 6. The first-order chi connectivity index (χ1) is 10.0. The van der Waals surface area contributed by atoms with Gasteiger partial charge in [-0.05, 0) is 50.6 Å². The van der Waals surface area contributed by atoms with Crippen molar-refractivity contribution in [2.75, 3.05) is 31.1 Å². The Morgan fingerprint density at radius 2 is 2.10 bits per heavy atom. The highest BCUT2D eigenvalue weighted by atomic mass is 35.5. The summed E-state index contributed by atoms with van der Waals surface area (Å²) >= 11 is 6.49. The Kier molecular flexibility index (Phi) is 5.91. The molecule has 1 fully saturated rings. The zero-order valence-electron chi connectivity index (χ0n) is 13.5. The minimum Gasteiger partial charge on any atom is -0.369 e. The smallest absolute Gasteiger partial charge is 0.0642 e. The number of likely N-dealkylation sites (N-methyl/N-ethyl adjacent to an activating group) is 1. The molecule has 0 bridgehead atoms. The van der Waals surface area contributed by atoms with E-state index in [4.69, 9.17) is 17.3 Å². The third-order valence-corrected chi connectivity index (χ3v) is 4.71. The molecule has 1 aromatic carbocycles. The number of halogens is 1. The van der Waals surface area contributed by atoms with Gasteiger partial charge in [0.25, 0.3) is 0 Å². The van der Waals surface area contributed by atoms with Crippen LogP contribution in [-0.4, -0.2) is 43.2 Å². The Labute approximate surface area is 134 Å². The second kappa shape index (κ2) is 7.48. The van der Waals surface area contributed by atoms with Crippen LogP contribution in [0.4, 0.5) is 5.69 Å². The van der Waals surface area contributed by atoms with Gasteiger partial charge in [-0.1, -0.05) is 31.5 Å². The van der Waals surface area contributed by atoms with Gasteiger partial charge in [0, 0.05) is 25.2 Å². The Morgan fingerprint density at radius 1 is 1.38 bits per heavy atom. The average Bonchev–Trinajstić information content (AvgIpc) is 2.89. The topological polar surface area (TPSA) is 32.5 Å². The van der Waals surface area contributed by atoms with Crippen LogP contribution in [0.3, 0.4) is 0 Å². The van der Waals surface area contributed by atoms with E-state index in [2.05, 4.69) is 41.8 Å². The molecular formula is C17H28ClN3. The second-order valence-electron chi connectivity index (χ2n) is 6.08. The lowest BCUT2D eigenvalue weighted by Crippen LogP contribution is -2.37. The summed E-state index contributed by atoms with van der Waals surface area (Å²) in [5.41, 5.74) is 8.24. The van der Waals surface area contributed by atoms with E-state index in [0.717, 1.165) is 37.6 Å². The third-order valence-electron chi connectivity index (χ3n) is 4.40. The fraction of sp³-hybridized carbons (Fsp3) is 0.647. The summed E-state index contributed by atoms with van der Waals surface area (Å²) in [6.45, 7) is 10.9. The Hall–Kier alpha value is -0.770. The van der Waals surface area contributed by atoms with Crippen molar-refractivity contribution in [2.45, 2.75) is 45.7 Å². The van der Waals surface area contributed by atoms with Gasteiger partial charge >= 0.3 is 0 Å². The van der Waals surface area contributed by atoms with E-state index in [1.54, 1.807) is 0 Å². The first-order valence-electron chi connectivity index (χ1n) is 8.08. The predicted octanol–water partition coefficient (Wildman–Crippen LogP) is 3.15. The van der Waals surface area contributed by atoms with Crippen molar-refractivity contribution in [1.29, 1.82) is 0 Å². The van der Waals surface area contributed by atoms with Crippen molar-refractivity contribution in [2.24, 2.45) is 5.73 Å². The van der Waals surface area contributed by atoms with Gasteiger partial charge in [-0.3, -0.25) is 4.90 Å². The molecule has 2 unspecified atom stereocenters. The fourth-order valence-corrected chi connectivity index (χ4v) is 3.63. The van der Waals surface area contributed by atoms with Crippen LogP contribution in [0, 0.1) is 0 Å². The number of nitrogens with two attached hydrogens (primary N) is 1. The van der Waals surface area contributed by atoms with E-state index in [0.29, 0.717) is 6.04 Å². The molecule has 118 valence electrons. The molecular weight excluding hydrogens is 282 g/mol. The van der Waals surface area contributed by atoms with Crippen LogP contribution in [0.15, 0.2) is 18.2 Å². The summed E-state index contributed by atoms with van der Waals surface area (Å²) in [5, 5.41) is 0.855. The van der Waals surface area contributed by atoms with Crippen molar-refractivity contribution in [1.82, 2.24) is 4.90 Å². The molecule has 1 aliphatic heterocycles. The molecule has 3 nitrogen and oxygen atoms in total. The van der Waals surface area contributed by atoms with Crippen LogP contribution in [0.2, 0.25) is 5.02 Å². The summed E-state index contributed by atoms with van der Waals surface area (Å²) in [4.78, 5) is 4.96. The lowest BCUT2D eigenvalue weighted by molar-refractivity contribution is 0.232. The average molecular weight is 310 g/mol. The van der Waals surface area contributed by atoms with Crippen molar-refractivity contribution in [3.05, 3.63) is 28.8 Å². The van der Waals surface area contributed by atoms with Crippen molar-refractivity contribution >= 4 is 17.3 Å². The van der Waals surface area contributed by atoms with Crippen LogP contribution in [0.25, 0.3) is 0 Å². The Bertz CT molecular complexity index is 457. The number of benzene rings is 1. The molecule has 2 rings (SSSR count). The highest BCUT2D eigenvalue weighted by Crippen LogP contribution is 2.31. The fourth-order valence-electron chi connectivity index (χ4n) is 3.30. The summed E-state index contributed by atoms with van der Waals surface area (Å²) in [6, 6.07) is 7.22. The molecule has 1 aliphatic rings. The van der Waals surface area contributed by atoms with Crippen LogP contribution >= 0.6 is 11.6 Å². The Balaban J connectivity index is 2.06. The maximum Gasteiger partial charge on any atom is 0.0642 e. The third kappa shape index (κ3) is 4.12. The summed E-state index contributed by atoms with van der Waals surface area (Å²) in [7, 11) is 0. The predicted molar refractivity (Wildman–Crippen MR) is 92.3 cm³/mol. The van der Waals surface area contributed by atoms with Gasteiger partial charge in [0.1, 0.15) is 0 Å². The standard InChI is InChI=1S/C17H28ClN3/c1-4-20(5-2)15-8-9-21(12-15)17-7-6-14(10-13(3)19)11-16(17)18/h6-7,11,13,15H,4-5,8-10,12,19H2,1-3H3. The summed E-state index contributed by atoms with van der Waals surface area (Å²) in [6.07, 6.45) is 2.10. The molecule has 1 heterocycles. The quantitative estimate of drug-likeness (QED) is 0.876. The number of anilines is 1. The second-order valence-corrected chi connectivity index (χ2v) is 6.48. The lowest BCUT2D eigenvalue weighted by atomic mass is 10.1. The largest absolute Gasteiger partial charge is 0.369 e. The Morgan fingerprint density at radius 3 is 2.67 bits per heavy atom. The van der Waals surface area contributed by atoms with Gasteiger partial charge in [-0.25, -0.2) is 0 Å². The maximum absolute atomic E-state index is 6.49. The molecule has 0 radical (unpaired) electrons. The molecule has 1 aromatic rings. The van der Waals surface area contributed by atoms with E-state index in [9.17, 15) is 0 Å². The van der Waals surface area contributed by atoms with Gasteiger partial charge < -0.3 is 10.6 Å². The minimum absolute atomic E-state index is 0.172. The van der Waals surface area contributed by atoms with Gasteiger partial charge in [0.05, 0.1) is 10.7 Å². The molecule has 21 heavy (non-hydrogen) atoms. The van der Waals surface area contributed by atoms with Gasteiger partial charge in [0.15, 0.2) is 0 Å². The van der Waals surface area contributed by atoms with E-state index in [1.165, 1.54) is 17.7 Å². The molecule has 2 N–H and O–H groups in total. The number of nitrogens with zero attached hydrogens (tertiary/aromatic N) is 2. The van der Waals surface area contributed by atoms with Crippen LogP contribution < -0.4 is 10.6 Å². The van der Waals surface area contributed by atoms with Crippen LogP contribution in [0.5, 0.6) is 0 Å². The van der Waals surface area contributed by atoms with Crippen molar-refractivity contribution in [3.8, 4) is 0 Å². The van der Waals surface area contributed by atoms with E-state index >= 15 is 0 Å². The highest BCUT2D eigenvalue weighted by Gasteiger charge is 2.27. The van der Waals surface area contributed by atoms with Gasteiger partial charge in [-0.2, -0.15) is 0 Å². The maximum atomic E-state index is 6.49. The summed E-state index contributed by atoms with van der Waals surface area (Å²) < 4.78 is 0. The van der Waals surface area contributed by atoms with Gasteiger partial charge in [-0.15, -0.1) is 0 Å². The molecule has 2 atom stereocenters. The first-order valence-corrected chi connectivity index (χ1v) is 8.45. The SMILES string of the molecule is CCN(CC)C1CCN(c2ccc(CC(C)N)cc2Cl)C1. The minimum atomic E-state index is 0.172. The molecule has 4 heteroatoms. The molecule has 0 aromatic heterocycles. The van der Waals surface area contributed by atoms with Crippen LogP contribution in [0.1, 0.15) is 32.8 Å². The van der Waals surface area contributed by atoms with Crippen molar-refractivity contribution in [3.63, 3.8) is 0 Å². The first kappa shape index (κ1) is 16.6. The highest BCUT2D eigenvalue weighted by molar-refractivity contribution is 6.33. The van der Waals surface area contributed by atoms with E-state index < -0.39 is 0 Å². The molecule has 0 amide bonds.